The van der Waals surface area contributed by atoms with Gasteiger partial charge in [0.2, 0.25) is 0 Å². The first kappa shape index (κ1) is 16.0. The number of hydrogen-bond donors (Lipinski definition) is 0. The van der Waals surface area contributed by atoms with Crippen molar-refractivity contribution in [2.75, 3.05) is 7.11 Å². The second kappa shape index (κ2) is 6.32. The Labute approximate surface area is 142 Å². The van der Waals surface area contributed by atoms with Crippen LogP contribution in [0.1, 0.15) is 28.5 Å². The minimum Gasteiger partial charge on any atom is -0.497 e. The lowest BCUT2D eigenvalue weighted by Crippen LogP contribution is -2.22. The second-order valence-electron chi connectivity index (χ2n) is 5.69. The number of ether oxygens (including phenoxy) is 1. The van der Waals surface area contributed by atoms with Gasteiger partial charge in [0.1, 0.15) is 5.75 Å². The highest BCUT2D eigenvalue weighted by Gasteiger charge is 2.32. The third-order valence-corrected chi connectivity index (χ3v) is 4.24. The van der Waals surface area contributed by atoms with E-state index in [4.69, 9.17) is 9.72 Å². The molecule has 0 atom stereocenters. The van der Waals surface area contributed by atoms with Gasteiger partial charge in [-0.1, -0.05) is 24.8 Å². The van der Waals surface area contributed by atoms with Crippen molar-refractivity contribution in [2.45, 2.75) is 20.4 Å². The zero-order valence-electron chi connectivity index (χ0n) is 14.2. The fourth-order valence-electron chi connectivity index (χ4n) is 3.02. The van der Waals surface area contributed by atoms with Crippen LogP contribution in [0.2, 0.25) is 0 Å². The van der Waals surface area contributed by atoms with Crippen LogP contribution in [-0.2, 0) is 6.54 Å². The van der Waals surface area contributed by atoms with Crippen molar-refractivity contribution in [1.82, 2.24) is 9.88 Å². The van der Waals surface area contributed by atoms with Crippen molar-refractivity contribution in [3.63, 3.8) is 0 Å². The van der Waals surface area contributed by atoms with Gasteiger partial charge in [-0.3, -0.25) is 9.78 Å². The molecule has 0 saturated heterocycles. The van der Waals surface area contributed by atoms with Gasteiger partial charge in [0.15, 0.2) is 0 Å². The largest absolute Gasteiger partial charge is 0.497 e. The average molecular weight is 320 g/mol. The van der Waals surface area contributed by atoms with E-state index in [9.17, 15) is 4.79 Å². The molecule has 1 amide bonds. The minimum atomic E-state index is -0.0137. The van der Waals surface area contributed by atoms with E-state index < -0.39 is 0 Å². The van der Waals surface area contributed by atoms with Crippen LogP contribution in [0.5, 0.6) is 5.75 Å². The average Bonchev–Trinajstić information content (AvgIpc) is 2.93. The molecule has 1 aliphatic rings. The molecule has 4 nitrogen and oxygen atoms in total. The molecule has 3 rings (SSSR count). The molecule has 0 saturated carbocycles. The number of allylic oxidation sites excluding steroid dienone is 2. The van der Waals surface area contributed by atoms with E-state index in [1.54, 1.807) is 18.1 Å². The van der Waals surface area contributed by atoms with Crippen LogP contribution in [0.25, 0.3) is 11.3 Å². The summed E-state index contributed by atoms with van der Waals surface area (Å²) in [7, 11) is 1.64. The number of aryl methyl sites for hydroxylation is 1. The number of pyridine rings is 1. The van der Waals surface area contributed by atoms with Crippen molar-refractivity contribution < 1.29 is 9.53 Å². The van der Waals surface area contributed by atoms with Crippen LogP contribution >= 0.6 is 0 Å². The SMILES string of the molecule is C=C/C(=C\C)N1Cc2nc(-c3cccc(OC)c3)cc(C)c2C1=O. The summed E-state index contributed by atoms with van der Waals surface area (Å²) in [5, 5.41) is 0. The molecule has 1 aromatic carbocycles. The lowest BCUT2D eigenvalue weighted by atomic mass is 10.0. The molecule has 0 spiro atoms. The number of fused-ring (bicyclic) bond motifs is 1. The second-order valence-corrected chi connectivity index (χ2v) is 5.69. The smallest absolute Gasteiger partial charge is 0.260 e. The third-order valence-electron chi connectivity index (χ3n) is 4.24. The number of aromatic nitrogens is 1. The lowest BCUT2D eigenvalue weighted by Gasteiger charge is -2.15. The van der Waals surface area contributed by atoms with E-state index in [1.165, 1.54) is 0 Å². The van der Waals surface area contributed by atoms with Gasteiger partial charge in [-0.15, -0.1) is 0 Å². The van der Waals surface area contributed by atoms with Gasteiger partial charge < -0.3 is 9.64 Å². The number of amides is 1. The predicted octanol–water partition coefficient (Wildman–Crippen LogP) is 4.11. The fourth-order valence-corrected chi connectivity index (χ4v) is 3.02. The molecule has 122 valence electrons. The summed E-state index contributed by atoms with van der Waals surface area (Å²) in [6, 6.07) is 9.73. The van der Waals surface area contributed by atoms with Gasteiger partial charge >= 0.3 is 0 Å². The van der Waals surface area contributed by atoms with Gasteiger partial charge in [0, 0.05) is 11.3 Å². The Balaban J connectivity index is 2.06. The van der Waals surface area contributed by atoms with Crippen LogP contribution in [-0.4, -0.2) is 22.9 Å². The Hall–Kier alpha value is -2.88. The molecular weight excluding hydrogens is 300 g/mol. The van der Waals surface area contributed by atoms with Crippen LogP contribution in [0.15, 0.2) is 54.8 Å². The Kier molecular flexibility index (Phi) is 4.21. The molecule has 1 aliphatic heterocycles. The maximum absolute atomic E-state index is 12.7. The highest BCUT2D eigenvalue weighted by Crippen LogP contribution is 2.31. The standard InChI is InChI=1S/C20H20N2O2/c1-5-15(6-2)22-12-18-19(20(22)23)13(3)10-17(21-18)14-8-7-9-16(11-14)24-4/h5-11H,1,12H2,2-4H3/b15-6+. The maximum atomic E-state index is 12.7. The summed E-state index contributed by atoms with van der Waals surface area (Å²) in [4.78, 5) is 19.1. The molecule has 1 aromatic heterocycles. The summed E-state index contributed by atoms with van der Waals surface area (Å²) in [6.07, 6.45) is 3.58. The predicted molar refractivity (Wildman–Crippen MR) is 94.8 cm³/mol. The van der Waals surface area contributed by atoms with Crippen molar-refractivity contribution in [1.29, 1.82) is 0 Å². The molecule has 0 radical (unpaired) electrons. The van der Waals surface area contributed by atoms with E-state index in [-0.39, 0.29) is 5.91 Å². The van der Waals surface area contributed by atoms with Crippen LogP contribution in [0.3, 0.4) is 0 Å². The Bertz CT molecular complexity index is 853. The number of methoxy groups -OCH3 is 1. The van der Waals surface area contributed by atoms with Gasteiger partial charge in [0.25, 0.3) is 5.91 Å². The Morgan fingerprint density at radius 1 is 1.38 bits per heavy atom. The van der Waals surface area contributed by atoms with Gasteiger partial charge in [-0.25, -0.2) is 0 Å². The zero-order chi connectivity index (χ0) is 17.3. The zero-order valence-corrected chi connectivity index (χ0v) is 14.2. The molecule has 24 heavy (non-hydrogen) atoms. The Morgan fingerprint density at radius 2 is 2.17 bits per heavy atom. The van der Waals surface area contributed by atoms with Crippen molar-refractivity contribution >= 4 is 5.91 Å². The highest BCUT2D eigenvalue weighted by atomic mass is 16.5. The van der Waals surface area contributed by atoms with E-state index in [0.29, 0.717) is 12.1 Å². The summed E-state index contributed by atoms with van der Waals surface area (Å²) in [6.45, 7) is 8.11. The van der Waals surface area contributed by atoms with E-state index in [1.807, 2.05) is 50.3 Å². The third kappa shape index (κ3) is 2.60. The molecule has 0 N–H and O–H groups in total. The van der Waals surface area contributed by atoms with Crippen LogP contribution in [0.4, 0.5) is 0 Å². The monoisotopic (exact) mass is 320 g/mol. The van der Waals surface area contributed by atoms with Crippen molar-refractivity contribution in [2.24, 2.45) is 0 Å². The molecule has 0 bridgehead atoms. The number of rotatable bonds is 4. The lowest BCUT2D eigenvalue weighted by molar-refractivity contribution is 0.0830. The minimum absolute atomic E-state index is 0.0137. The summed E-state index contributed by atoms with van der Waals surface area (Å²) < 4.78 is 5.29. The first-order chi connectivity index (χ1) is 11.6. The number of carbonyl (C=O) groups excluding carboxylic acids is 1. The number of benzene rings is 1. The molecule has 2 heterocycles. The summed E-state index contributed by atoms with van der Waals surface area (Å²) in [5.41, 5.74) is 5.06. The molecule has 2 aromatic rings. The maximum Gasteiger partial charge on any atom is 0.260 e. The van der Waals surface area contributed by atoms with E-state index in [0.717, 1.165) is 34.0 Å². The first-order valence-electron chi connectivity index (χ1n) is 7.84. The highest BCUT2D eigenvalue weighted by molar-refractivity contribution is 6.00. The molecular formula is C20H20N2O2. The quantitative estimate of drug-likeness (QED) is 0.796. The van der Waals surface area contributed by atoms with Gasteiger partial charge in [-0.2, -0.15) is 0 Å². The van der Waals surface area contributed by atoms with Crippen molar-refractivity contribution in [3.8, 4) is 17.0 Å². The topological polar surface area (TPSA) is 42.4 Å². The van der Waals surface area contributed by atoms with Crippen molar-refractivity contribution in [3.05, 3.63) is 71.6 Å². The molecule has 0 aliphatic carbocycles. The molecule has 0 unspecified atom stereocenters. The van der Waals surface area contributed by atoms with E-state index >= 15 is 0 Å². The van der Waals surface area contributed by atoms with E-state index in [2.05, 4.69) is 6.58 Å². The Morgan fingerprint density at radius 3 is 2.83 bits per heavy atom. The van der Waals surface area contributed by atoms with Crippen LogP contribution in [0, 0.1) is 6.92 Å². The summed E-state index contributed by atoms with van der Waals surface area (Å²) >= 11 is 0. The van der Waals surface area contributed by atoms with Crippen LogP contribution < -0.4 is 4.74 Å². The first-order valence-corrected chi connectivity index (χ1v) is 7.84. The number of nitrogens with zero attached hydrogens (tertiary/aromatic N) is 2. The van der Waals surface area contributed by atoms with Gasteiger partial charge in [0.05, 0.1) is 30.6 Å². The fraction of sp³-hybridized carbons (Fsp3) is 0.200. The normalized spacial score (nSPS) is 13.9. The number of hydrogen-bond acceptors (Lipinski definition) is 3. The summed E-state index contributed by atoms with van der Waals surface area (Å²) in [5.74, 6) is 0.771. The molecule has 0 fully saturated rings. The van der Waals surface area contributed by atoms with Gasteiger partial charge in [-0.05, 0) is 43.7 Å². The molecule has 4 heteroatoms. The number of carbonyl (C=O) groups is 1.